The van der Waals surface area contributed by atoms with E-state index in [1.54, 1.807) is 0 Å². The van der Waals surface area contributed by atoms with Crippen LogP contribution in [0.2, 0.25) is 0 Å². The lowest BCUT2D eigenvalue weighted by atomic mass is 10.1. The molecule has 0 bridgehead atoms. The molecule has 0 saturated heterocycles. The zero-order valence-electron chi connectivity index (χ0n) is 13.7. The largest absolute Gasteiger partial charge is 0.435 e. The number of para-hydroxylation sites is 1. The van der Waals surface area contributed by atoms with Crippen molar-refractivity contribution in [3.8, 4) is 11.8 Å². The average Bonchev–Trinajstić information content (AvgIpc) is 2.57. The van der Waals surface area contributed by atoms with Crippen LogP contribution in [0, 0.1) is 25.2 Å². The normalized spacial score (nSPS) is 11.1. The maximum absolute atomic E-state index is 12.3. The quantitative estimate of drug-likeness (QED) is 0.645. The highest BCUT2D eigenvalue weighted by atomic mass is 19.3. The number of carbonyl (C=O) groups excluding carboxylic acids is 1. The fourth-order valence-electron chi connectivity index (χ4n) is 2.25. The van der Waals surface area contributed by atoms with Gasteiger partial charge in [-0.05, 0) is 48.7 Å². The third-order valence-corrected chi connectivity index (χ3v) is 3.50. The molecular weight excluding hydrogens is 326 g/mol. The van der Waals surface area contributed by atoms with Crippen LogP contribution >= 0.6 is 0 Å². The summed E-state index contributed by atoms with van der Waals surface area (Å²) in [5.41, 5.74) is 2.87. The number of hydrogen-bond acceptors (Lipinski definition) is 3. The summed E-state index contributed by atoms with van der Waals surface area (Å²) < 4.78 is 28.5. The van der Waals surface area contributed by atoms with Crippen molar-refractivity contribution in [3.63, 3.8) is 0 Å². The summed E-state index contributed by atoms with van der Waals surface area (Å²) in [5, 5.41) is 12.0. The zero-order valence-corrected chi connectivity index (χ0v) is 13.7. The van der Waals surface area contributed by atoms with Crippen molar-refractivity contribution in [3.05, 3.63) is 64.7 Å². The number of nitrogens with zero attached hydrogens (tertiary/aromatic N) is 1. The molecule has 2 rings (SSSR count). The molecule has 1 N–H and O–H groups in total. The van der Waals surface area contributed by atoms with Gasteiger partial charge in [-0.25, -0.2) is 0 Å². The Morgan fingerprint density at radius 2 is 1.76 bits per heavy atom. The Labute approximate surface area is 144 Å². The van der Waals surface area contributed by atoms with Crippen LogP contribution in [0.25, 0.3) is 6.08 Å². The molecule has 25 heavy (non-hydrogen) atoms. The number of anilines is 1. The van der Waals surface area contributed by atoms with Crippen molar-refractivity contribution < 1.29 is 18.3 Å². The molecule has 1 amide bonds. The fourth-order valence-corrected chi connectivity index (χ4v) is 2.25. The smallest absolute Gasteiger partial charge is 0.387 e. The first kappa shape index (κ1) is 18.1. The molecular formula is C19H16F2N2O2. The van der Waals surface area contributed by atoms with Crippen LogP contribution in [0.15, 0.2) is 48.0 Å². The van der Waals surface area contributed by atoms with E-state index < -0.39 is 12.5 Å². The van der Waals surface area contributed by atoms with Crippen molar-refractivity contribution in [1.29, 1.82) is 5.26 Å². The standard InChI is InChI=1S/C19H16F2N2O2/c1-12-4-3-5-13(2)17(12)23-18(24)15(11-22)10-14-6-8-16(9-7-14)25-19(20)21/h3-10,19H,1-2H3,(H,23,24)/b15-10+. The molecule has 128 valence electrons. The Balaban J connectivity index is 2.19. The van der Waals surface area contributed by atoms with E-state index in [-0.39, 0.29) is 11.3 Å². The molecule has 0 aromatic heterocycles. The molecule has 0 aliphatic heterocycles. The van der Waals surface area contributed by atoms with E-state index in [9.17, 15) is 18.8 Å². The van der Waals surface area contributed by atoms with Crippen LogP contribution in [0.3, 0.4) is 0 Å². The molecule has 2 aromatic rings. The summed E-state index contributed by atoms with van der Waals surface area (Å²) in [5.74, 6) is -0.529. The summed E-state index contributed by atoms with van der Waals surface area (Å²) in [6.45, 7) is 0.819. The van der Waals surface area contributed by atoms with Crippen LogP contribution in [0.5, 0.6) is 5.75 Å². The maximum Gasteiger partial charge on any atom is 0.387 e. The lowest BCUT2D eigenvalue weighted by molar-refractivity contribution is -0.112. The summed E-state index contributed by atoms with van der Waals surface area (Å²) in [6, 6.07) is 13.1. The van der Waals surface area contributed by atoms with Gasteiger partial charge in [-0.15, -0.1) is 0 Å². The van der Waals surface area contributed by atoms with Gasteiger partial charge in [0.15, 0.2) is 0 Å². The Kier molecular flexibility index (Phi) is 5.85. The molecule has 0 fully saturated rings. The van der Waals surface area contributed by atoms with Gasteiger partial charge in [0, 0.05) is 5.69 Å². The van der Waals surface area contributed by atoms with Gasteiger partial charge in [0.25, 0.3) is 5.91 Å². The number of halogens is 2. The van der Waals surface area contributed by atoms with Crippen LogP contribution in [0.4, 0.5) is 14.5 Å². The lowest BCUT2D eigenvalue weighted by Gasteiger charge is -2.11. The van der Waals surface area contributed by atoms with Crippen LogP contribution in [-0.2, 0) is 4.79 Å². The van der Waals surface area contributed by atoms with Crippen molar-refractivity contribution in [2.45, 2.75) is 20.5 Å². The van der Waals surface area contributed by atoms with Gasteiger partial charge in [-0.1, -0.05) is 30.3 Å². The minimum absolute atomic E-state index is 0.00523. The molecule has 0 heterocycles. The van der Waals surface area contributed by atoms with Crippen molar-refractivity contribution in [2.24, 2.45) is 0 Å². The number of carbonyl (C=O) groups is 1. The van der Waals surface area contributed by atoms with E-state index in [0.717, 1.165) is 11.1 Å². The number of benzene rings is 2. The number of hydrogen-bond donors (Lipinski definition) is 1. The highest BCUT2D eigenvalue weighted by Crippen LogP contribution is 2.21. The minimum Gasteiger partial charge on any atom is -0.435 e. The maximum atomic E-state index is 12.3. The molecule has 0 saturated carbocycles. The zero-order chi connectivity index (χ0) is 18.4. The van der Waals surface area contributed by atoms with Gasteiger partial charge >= 0.3 is 6.61 Å². The Hall–Kier alpha value is -3.20. The van der Waals surface area contributed by atoms with Crippen molar-refractivity contribution in [1.82, 2.24) is 0 Å². The second-order valence-corrected chi connectivity index (χ2v) is 5.34. The van der Waals surface area contributed by atoms with E-state index in [2.05, 4.69) is 10.1 Å². The highest BCUT2D eigenvalue weighted by Gasteiger charge is 2.12. The van der Waals surface area contributed by atoms with Crippen molar-refractivity contribution >= 4 is 17.7 Å². The summed E-state index contributed by atoms with van der Waals surface area (Å²) in [4.78, 5) is 12.3. The van der Waals surface area contributed by atoms with E-state index >= 15 is 0 Å². The first-order valence-corrected chi connectivity index (χ1v) is 7.45. The molecule has 2 aromatic carbocycles. The van der Waals surface area contributed by atoms with Gasteiger partial charge in [0.05, 0.1) is 0 Å². The second kappa shape index (κ2) is 8.06. The molecule has 0 aliphatic carbocycles. The van der Waals surface area contributed by atoms with Gasteiger partial charge in [0.1, 0.15) is 17.4 Å². The molecule has 0 radical (unpaired) electrons. The third kappa shape index (κ3) is 4.88. The van der Waals surface area contributed by atoms with Gasteiger partial charge in [-0.2, -0.15) is 14.0 Å². The topological polar surface area (TPSA) is 62.1 Å². The van der Waals surface area contributed by atoms with E-state index in [0.29, 0.717) is 11.3 Å². The Morgan fingerprint density at radius 3 is 2.28 bits per heavy atom. The molecule has 6 heteroatoms. The van der Waals surface area contributed by atoms with Gasteiger partial charge < -0.3 is 10.1 Å². The SMILES string of the molecule is Cc1cccc(C)c1NC(=O)/C(C#N)=C/c1ccc(OC(F)F)cc1. The van der Waals surface area contributed by atoms with Gasteiger partial charge in [0.2, 0.25) is 0 Å². The third-order valence-electron chi connectivity index (χ3n) is 3.50. The number of nitrogens with one attached hydrogen (secondary N) is 1. The van der Waals surface area contributed by atoms with Gasteiger partial charge in [-0.3, -0.25) is 4.79 Å². The number of ether oxygens (including phenoxy) is 1. The van der Waals surface area contributed by atoms with Crippen LogP contribution < -0.4 is 10.1 Å². The number of nitriles is 1. The molecule has 0 spiro atoms. The number of rotatable bonds is 5. The highest BCUT2D eigenvalue weighted by molar-refractivity contribution is 6.10. The van der Waals surface area contributed by atoms with Crippen LogP contribution in [0.1, 0.15) is 16.7 Å². The number of amides is 1. The predicted molar refractivity (Wildman–Crippen MR) is 91.2 cm³/mol. The lowest BCUT2D eigenvalue weighted by Crippen LogP contribution is -2.15. The Bertz CT molecular complexity index is 817. The Morgan fingerprint density at radius 1 is 1.16 bits per heavy atom. The number of alkyl halides is 2. The van der Waals surface area contributed by atoms with E-state index in [1.165, 1.54) is 30.3 Å². The van der Waals surface area contributed by atoms with Crippen LogP contribution in [-0.4, -0.2) is 12.5 Å². The summed E-state index contributed by atoms with van der Waals surface area (Å²) in [6.07, 6.45) is 1.38. The molecule has 4 nitrogen and oxygen atoms in total. The molecule has 0 atom stereocenters. The monoisotopic (exact) mass is 342 g/mol. The van der Waals surface area contributed by atoms with Crippen molar-refractivity contribution in [2.75, 3.05) is 5.32 Å². The first-order chi connectivity index (χ1) is 11.9. The summed E-state index contributed by atoms with van der Waals surface area (Å²) >= 11 is 0. The second-order valence-electron chi connectivity index (χ2n) is 5.34. The fraction of sp³-hybridized carbons (Fsp3) is 0.158. The predicted octanol–water partition coefficient (Wildman–Crippen LogP) is 4.45. The molecule has 0 unspecified atom stereocenters. The summed E-state index contributed by atoms with van der Waals surface area (Å²) in [7, 11) is 0. The average molecular weight is 342 g/mol. The first-order valence-electron chi connectivity index (χ1n) is 7.45. The number of aryl methyl sites for hydroxylation is 2. The molecule has 0 aliphatic rings. The van der Waals surface area contributed by atoms with E-state index in [4.69, 9.17) is 0 Å². The minimum atomic E-state index is -2.90. The van der Waals surface area contributed by atoms with E-state index in [1.807, 2.05) is 38.1 Å².